The van der Waals surface area contributed by atoms with Gasteiger partial charge in [0.15, 0.2) is 0 Å². The van der Waals surface area contributed by atoms with Gasteiger partial charge in [-0.2, -0.15) is 5.10 Å². The molecule has 1 amide bonds. The first-order valence-electron chi connectivity index (χ1n) is 6.17. The number of amides is 1. The highest BCUT2D eigenvalue weighted by Gasteiger charge is 2.26. The number of nitrogen functional groups attached to an aromatic ring is 1. The van der Waals surface area contributed by atoms with Crippen LogP contribution in [0.5, 0.6) is 0 Å². The van der Waals surface area contributed by atoms with E-state index in [1.165, 1.54) is 4.68 Å². The zero-order valence-corrected chi connectivity index (χ0v) is 11.9. The summed E-state index contributed by atoms with van der Waals surface area (Å²) in [7, 11) is 0. The molecule has 1 heterocycles. The number of hydrogen-bond acceptors (Lipinski definition) is 3. The van der Waals surface area contributed by atoms with E-state index in [0.29, 0.717) is 5.82 Å². The van der Waals surface area contributed by atoms with Crippen LogP contribution in [0.15, 0.2) is 12.3 Å². The molecule has 3 N–H and O–H groups in total. The fourth-order valence-corrected chi connectivity index (χ4v) is 2.40. The quantitative estimate of drug-likeness (QED) is 0.858. The predicted octanol–water partition coefficient (Wildman–Crippen LogP) is 1.80. The van der Waals surface area contributed by atoms with Gasteiger partial charge in [-0.25, -0.2) is 0 Å². The second-order valence-electron chi connectivity index (χ2n) is 6.61. The first kappa shape index (κ1) is 14.5. The summed E-state index contributed by atoms with van der Waals surface area (Å²) in [6.45, 7) is 10.8. The van der Waals surface area contributed by atoms with E-state index in [-0.39, 0.29) is 23.4 Å². The van der Waals surface area contributed by atoms with Crippen LogP contribution in [-0.4, -0.2) is 21.2 Å². The van der Waals surface area contributed by atoms with Crippen molar-refractivity contribution < 1.29 is 4.79 Å². The van der Waals surface area contributed by atoms with Crippen molar-refractivity contribution in [2.45, 2.75) is 53.1 Å². The lowest BCUT2D eigenvalue weighted by Gasteiger charge is -2.33. The van der Waals surface area contributed by atoms with Crippen LogP contribution < -0.4 is 11.1 Å². The first-order valence-corrected chi connectivity index (χ1v) is 6.17. The highest BCUT2D eigenvalue weighted by molar-refractivity contribution is 5.76. The molecule has 0 saturated carbocycles. The third-order valence-electron chi connectivity index (χ3n) is 2.42. The zero-order chi connectivity index (χ0) is 14.0. The minimum Gasteiger partial charge on any atom is -0.382 e. The summed E-state index contributed by atoms with van der Waals surface area (Å²) < 4.78 is 1.54. The normalized spacial score (nSPS) is 12.5. The molecule has 0 atom stereocenters. The molecule has 102 valence electrons. The highest BCUT2D eigenvalue weighted by Crippen LogP contribution is 2.26. The van der Waals surface area contributed by atoms with Crippen molar-refractivity contribution in [1.82, 2.24) is 15.1 Å². The van der Waals surface area contributed by atoms with Crippen molar-refractivity contribution in [3.05, 3.63) is 12.3 Å². The van der Waals surface area contributed by atoms with Crippen molar-refractivity contribution in [2.75, 3.05) is 5.73 Å². The molecule has 0 bridgehead atoms. The van der Waals surface area contributed by atoms with E-state index in [9.17, 15) is 4.79 Å². The van der Waals surface area contributed by atoms with Crippen LogP contribution >= 0.6 is 0 Å². The molecule has 0 saturated heterocycles. The summed E-state index contributed by atoms with van der Waals surface area (Å²) >= 11 is 0. The molecular formula is C13H24N4O. The van der Waals surface area contributed by atoms with E-state index < -0.39 is 0 Å². The number of nitrogens with one attached hydrogen (secondary N) is 1. The maximum Gasteiger partial charge on any atom is 0.242 e. The maximum atomic E-state index is 11.9. The topological polar surface area (TPSA) is 72.9 Å². The molecule has 0 fully saturated rings. The molecule has 0 aromatic carbocycles. The summed E-state index contributed by atoms with van der Waals surface area (Å²) in [5.41, 5.74) is 5.45. The van der Waals surface area contributed by atoms with Gasteiger partial charge in [0.25, 0.3) is 0 Å². The van der Waals surface area contributed by atoms with E-state index >= 15 is 0 Å². The second kappa shape index (κ2) is 5.00. The van der Waals surface area contributed by atoms with Crippen LogP contribution in [0.3, 0.4) is 0 Å². The Morgan fingerprint density at radius 2 is 2.00 bits per heavy atom. The standard InChI is InChI=1S/C13H24N4O/c1-12(2,3)9-13(4,5)15-11(18)8-17-7-6-10(14)16-17/h6-7H,8-9H2,1-5H3,(H2,14,16)(H,15,18). The molecule has 0 unspecified atom stereocenters. The molecule has 5 nitrogen and oxygen atoms in total. The average molecular weight is 252 g/mol. The van der Waals surface area contributed by atoms with E-state index in [2.05, 4.69) is 31.2 Å². The van der Waals surface area contributed by atoms with Gasteiger partial charge in [0, 0.05) is 11.7 Å². The highest BCUT2D eigenvalue weighted by atomic mass is 16.2. The predicted molar refractivity (Wildman–Crippen MR) is 72.9 cm³/mol. The summed E-state index contributed by atoms with van der Waals surface area (Å²) in [6.07, 6.45) is 2.61. The molecule has 1 rings (SSSR count). The fourth-order valence-electron chi connectivity index (χ4n) is 2.40. The van der Waals surface area contributed by atoms with Gasteiger partial charge in [0.2, 0.25) is 5.91 Å². The Balaban J connectivity index is 2.54. The lowest BCUT2D eigenvalue weighted by Crippen LogP contribution is -2.47. The first-order chi connectivity index (χ1) is 8.07. The molecular weight excluding hydrogens is 228 g/mol. The molecule has 5 heteroatoms. The van der Waals surface area contributed by atoms with Gasteiger partial charge in [-0.3, -0.25) is 9.48 Å². The number of carbonyl (C=O) groups excluding carboxylic acids is 1. The Labute approximate surface area is 109 Å². The minimum atomic E-state index is -0.228. The van der Waals surface area contributed by atoms with E-state index in [1.54, 1.807) is 12.3 Å². The van der Waals surface area contributed by atoms with Crippen molar-refractivity contribution in [3.63, 3.8) is 0 Å². The van der Waals surface area contributed by atoms with Crippen LogP contribution in [0.25, 0.3) is 0 Å². The smallest absolute Gasteiger partial charge is 0.242 e. The Kier molecular flexibility index (Phi) is 4.04. The summed E-state index contributed by atoms with van der Waals surface area (Å²) in [4.78, 5) is 11.9. The Morgan fingerprint density at radius 3 is 2.44 bits per heavy atom. The molecule has 1 aromatic rings. The van der Waals surface area contributed by atoms with Crippen molar-refractivity contribution in [1.29, 1.82) is 0 Å². The maximum absolute atomic E-state index is 11.9. The molecule has 0 aliphatic carbocycles. The van der Waals surface area contributed by atoms with Crippen LogP contribution in [0.1, 0.15) is 41.0 Å². The van der Waals surface area contributed by atoms with Crippen LogP contribution in [0, 0.1) is 5.41 Å². The average Bonchev–Trinajstić information content (AvgIpc) is 2.44. The van der Waals surface area contributed by atoms with E-state index in [1.807, 2.05) is 13.8 Å². The largest absolute Gasteiger partial charge is 0.382 e. The van der Waals surface area contributed by atoms with Gasteiger partial charge in [0.1, 0.15) is 12.4 Å². The summed E-state index contributed by atoms with van der Waals surface area (Å²) in [5, 5.41) is 7.02. The van der Waals surface area contributed by atoms with Crippen molar-refractivity contribution in [3.8, 4) is 0 Å². The number of anilines is 1. The van der Waals surface area contributed by atoms with Gasteiger partial charge >= 0.3 is 0 Å². The summed E-state index contributed by atoms with van der Waals surface area (Å²) in [6, 6.07) is 1.67. The van der Waals surface area contributed by atoms with Gasteiger partial charge < -0.3 is 11.1 Å². The lowest BCUT2D eigenvalue weighted by atomic mass is 9.82. The van der Waals surface area contributed by atoms with Crippen LogP contribution in [0.2, 0.25) is 0 Å². The van der Waals surface area contributed by atoms with E-state index in [4.69, 9.17) is 5.73 Å². The van der Waals surface area contributed by atoms with Crippen LogP contribution in [-0.2, 0) is 11.3 Å². The monoisotopic (exact) mass is 252 g/mol. The molecule has 0 aliphatic rings. The SMILES string of the molecule is CC(C)(C)CC(C)(C)NC(=O)Cn1ccc(N)n1. The van der Waals surface area contributed by atoms with Crippen molar-refractivity contribution in [2.24, 2.45) is 5.41 Å². The number of hydrogen-bond donors (Lipinski definition) is 2. The number of carbonyl (C=O) groups is 1. The third kappa shape index (κ3) is 5.21. The van der Waals surface area contributed by atoms with E-state index in [0.717, 1.165) is 6.42 Å². The Bertz CT molecular complexity index is 415. The van der Waals surface area contributed by atoms with Gasteiger partial charge in [0.05, 0.1) is 0 Å². The summed E-state index contributed by atoms with van der Waals surface area (Å²) in [5.74, 6) is 0.379. The van der Waals surface area contributed by atoms with Crippen molar-refractivity contribution >= 4 is 11.7 Å². The molecule has 1 aromatic heterocycles. The van der Waals surface area contributed by atoms with Crippen LogP contribution in [0.4, 0.5) is 5.82 Å². The second-order valence-corrected chi connectivity index (χ2v) is 6.61. The third-order valence-corrected chi connectivity index (χ3v) is 2.42. The number of nitrogens with two attached hydrogens (primary N) is 1. The number of aromatic nitrogens is 2. The fraction of sp³-hybridized carbons (Fsp3) is 0.692. The lowest BCUT2D eigenvalue weighted by molar-refractivity contribution is -0.123. The zero-order valence-electron chi connectivity index (χ0n) is 11.9. The Morgan fingerprint density at radius 1 is 1.39 bits per heavy atom. The molecule has 0 aliphatic heterocycles. The number of rotatable bonds is 4. The molecule has 18 heavy (non-hydrogen) atoms. The van der Waals surface area contributed by atoms with Gasteiger partial charge in [-0.1, -0.05) is 20.8 Å². The minimum absolute atomic E-state index is 0.0487. The Hall–Kier alpha value is -1.52. The van der Waals surface area contributed by atoms with Gasteiger partial charge in [-0.05, 0) is 31.7 Å². The number of nitrogens with zero attached hydrogens (tertiary/aromatic N) is 2. The molecule has 0 radical (unpaired) electrons. The molecule has 0 spiro atoms. The van der Waals surface area contributed by atoms with Gasteiger partial charge in [-0.15, -0.1) is 0 Å².